The third-order valence-electron chi connectivity index (χ3n) is 4.90. The van der Waals surface area contributed by atoms with E-state index in [4.69, 9.17) is 4.74 Å². The summed E-state index contributed by atoms with van der Waals surface area (Å²) >= 11 is 0. The van der Waals surface area contributed by atoms with Gasteiger partial charge >= 0.3 is 0 Å². The average Bonchev–Trinajstić information content (AvgIpc) is 2.48. The van der Waals surface area contributed by atoms with Crippen molar-refractivity contribution >= 4 is 11.6 Å². The van der Waals surface area contributed by atoms with Crippen molar-refractivity contribution in [3.8, 4) is 0 Å². The molecule has 2 heterocycles. The molecule has 1 saturated carbocycles. The first-order chi connectivity index (χ1) is 10.6. The van der Waals surface area contributed by atoms with Crippen molar-refractivity contribution < 1.29 is 9.53 Å². The normalized spacial score (nSPS) is 24.5. The van der Waals surface area contributed by atoms with Crippen LogP contribution in [-0.2, 0) is 9.53 Å². The summed E-state index contributed by atoms with van der Waals surface area (Å²) in [5.74, 6) is -0.00903. The molecule has 0 radical (unpaired) electrons. The van der Waals surface area contributed by atoms with Crippen LogP contribution in [0, 0.1) is 6.92 Å². The zero-order valence-electron chi connectivity index (χ0n) is 13.4. The van der Waals surface area contributed by atoms with Gasteiger partial charge in [0, 0.05) is 18.8 Å². The summed E-state index contributed by atoms with van der Waals surface area (Å²) in [6.45, 7) is 4.62. The summed E-state index contributed by atoms with van der Waals surface area (Å²) in [6.07, 6.45) is 7.33. The van der Waals surface area contributed by atoms with Gasteiger partial charge in [-0.2, -0.15) is 0 Å². The number of anilines is 1. The maximum absolute atomic E-state index is 12.4. The summed E-state index contributed by atoms with van der Waals surface area (Å²) in [4.78, 5) is 16.5. The lowest BCUT2D eigenvalue weighted by molar-refractivity contribution is -0.137. The van der Waals surface area contributed by atoms with E-state index in [9.17, 15) is 4.79 Å². The van der Waals surface area contributed by atoms with E-state index in [0.29, 0.717) is 6.04 Å². The molecule has 1 aromatic rings. The Labute approximate surface area is 131 Å². The van der Waals surface area contributed by atoms with Crippen molar-refractivity contribution in [1.29, 1.82) is 0 Å². The smallest absolute Gasteiger partial charge is 0.241 e. The summed E-state index contributed by atoms with van der Waals surface area (Å²) < 4.78 is 5.94. The zero-order valence-corrected chi connectivity index (χ0v) is 13.4. The van der Waals surface area contributed by atoms with Gasteiger partial charge in [0.1, 0.15) is 0 Å². The zero-order chi connectivity index (χ0) is 15.6. The summed E-state index contributed by atoms with van der Waals surface area (Å²) in [7, 11) is 0. The highest BCUT2D eigenvalue weighted by atomic mass is 16.5. The number of nitrogens with one attached hydrogen (secondary N) is 2. The van der Waals surface area contributed by atoms with Gasteiger partial charge in [-0.1, -0.05) is 0 Å². The van der Waals surface area contributed by atoms with Crippen molar-refractivity contribution in [1.82, 2.24) is 10.3 Å². The quantitative estimate of drug-likeness (QED) is 0.896. The fourth-order valence-electron chi connectivity index (χ4n) is 3.38. The molecule has 1 aliphatic heterocycles. The Morgan fingerprint density at radius 2 is 2.32 bits per heavy atom. The number of carbonyl (C=O) groups excluding carboxylic acids is 1. The molecular weight excluding hydrogens is 278 g/mol. The predicted octanol–water partition coefficient (Wildman–Crippen LogP) is 2.41. The lowest BCUT2D eigenvalue weighted by Crippen LogP contribution is -2.54. The number of hydrogen-bond acceptors (Lipinski definition) is 4. The summed E-state index contributed by atoms with van der Waals surface area (Å²) in [5, 5.41) is 6.42. The van der Waals surface area contributed by atoms with Gasteiger partial charge in [0.15, 0.2) is 0 Å². The second kappa shape index (κ2) is 6.34. The van der Waals surface area contributed by atoms with Gasteiger partial charge in [-0.15, -0.1) is 0 Å². The van der Waals surface area contributed by atoms with Crippen LogP contribution in [0.2, 0.25) is 0 Å². The number of nitrogens with zero attached hydrogens (tertiary/aromatic N) is 1. The third-order valence-corrected chi connectivity index (χ3v) is 4.90. The second-order valence-electron chi connectivity index (χ2n) is 6.59. The Hall–Kier alpha value is -1.46. The van der Waals surface area contributed by atoms with E-state index >= 15 is 0 Å². The van der Waals surface area contributed by atoms with Crippen LogP contribution in [-0.4, -0.2) is 35.2 Å². The molecule has 120 valence electrons. The van der Waals surface area contributed by atoms with Gasteiger partial charge in [-0.05, 0) is 58.1 Å². The van der Waals surface area contributed by atoms with E-state index in [1.165, 1.54) is 19.3 Å². The number of amides is 1. The topological polar surface area (TPSA) is 63.2 Å². The third kappa shape index (κ3) is 3.31. The van der Waals surface area contributed by atoms with E-state index in [1.807, 2.05) is 26.0 Å². The largest absolute Gasteiger partial charge is 0.375 e. The van der Waals surface area contributed by atoms with Gasteiger partial charge in [0.05, 0.1) is 23.0 Å². The number of aryl methyl sites for hydroxylation is 1. The number of rotatable bonds is 4. The molecule has 2 atom stereocenters. The molecule has 2 N–H and O–H groups in total. The van der Waals surface area contributed by atoms with Crippen LogP contribution in [0.25, 0.3) is 0 Å². The summed E-state index contributed by atoms with van der Waals surface area (Å²) in [5.41, 5.74) is 1.72. The molecule has 3 rings (SSSR count). The molecule has 0 unspecified atom stereocenters. The first kappa shape index (κ1) is 15.4. The minimum Gasteiger partial charge on any atom is -0.375 e. The predicted molar refractivity (Wildman–Crippen MR) is 85.8 cm³/mol. The number of ether oxygens (including phenoxy) is 1. The number of pyridine rings is 1. The van der Waals surface area contributed by atoms with E-state index in [2.05, 4.69) is 15.6 Å². The van der Waals surface area contributed by atoms with Crippen molar-refractivity contribution in [2.45, 2.75) is 63.6 Å². The standard InChI is InChI=1S/C17H25N3O2/c1-12-15(5-3-9-18-12)20-16(21)13(2)19-14-6-10-22-17(11-14)7-4-8-17/h3,5,9,13-14,19H,4,6-8,10-11H2,1-2H3,(H,20,21)/t13-,14+/m0/s1. The molecule has 1 aliphatic carbocycles. The van der Waals surface area contributed by atoms with E-state index < -0.39 is 0 Å². The highest BCUT2D eigenvalue weighted by Crippen LogP contribution is 2.42. The van der Waals surface area contributed by atoms with Gasteiger partial charge in [0.2, 0.25) is 5.91 Å². The Morgan fingerprint density at radius 3 is 3.00 bits per heavy atom. The van der Waals surface area contributed by atoms with E-state index in [-0.39, 0.29) is 17.6 Å². The minimum atomic E-state index is -0.222. The van der Waals surface area contributed by atoms with Gasteiger partial charge in [-0.3, -0.25) is 9.78 Å². The molecule has 5 nitrogen and oxygen atoms in total. The fourth-order valence-corrected chi connectivity index (χ4v) is 3.38. The highest BCUT2D eigenvalue weighted by molar-refractivity contribution is 5.94. The average molecular weight is 303 g/mol. The number of carbonyl (C=O) groups is 1. The molecule has 1 aromatic heterocycles. The SMILES string of the molecule is Cc1ncccc1NC(=O)[C@H](C)N[C@@H]1CCOC2(CCC2)C1. The van der Waals surface area contributed by atoms with Crippen molar-refractivity contribution in [3.05, 3.63) is 24.0 Å². The molecule has 2 fully saturated rings. The molecule has 1 amide bonds. The lowest BCUT2D eigenvalue weighted by Gasteiger charge is -2.47. The number of hydrogen-bond donors (Lipinski definition) is 2. The number of aromatic nitrogens is 1. The van der Waals surface area contributed by atoms with Crippen LogP contribution in [0.15, 0.2) is 18.3 Å². The fraction of sp³-hybridized carbons (Fsp3) is 0.647. The summed E-state index contributed by atoms with van der Waals surface area (Å²) in [6, 6.07) is 3.86. The molecule has 0 bridgehead atoms. The van der Waals surface area contributed by atoms with Crippen LogP contribution in [0.4, 0.5) is 5.69 Å². The van der Waals surface area contributed by atoms with Crippen LogP contribution < -0.4 is 10.6 Å². The molecule has 1 saturated heterocycles. The highest BCUT2D eigenvalue weighted by Gasteiger charge is 2.42. The van der Waals surface area contributed by atoms with Gasteiger partial charge < -0.3 is 15.4 Å². The van der Waals surface area contributed by atoms with Crippen molar-refractivity contribution in [2.75, 3.05) is 11.9 Å². The van der Waals surface area contributed by atoms with Crippen LogP contribution in [0.3, 0.4) is 0 Å². The van der Waals surface area contributed by atoms with Gasteiger partial charge in [0.25, 0.3) is 0 Å². The first-order valence-corrected chi connectivity index (χ1v) is 8.20. The Morgan fingerprint density at radius 1 is 1.50 bits per heavy atom. The maximum Gasteiger partial charge on any atom is 0.241 e. The minimum absolute atomic E-state index is 0.00903. The van der Waals surface area contributed by atoms with Crippen molar-refractivity contribution in [2.24, 2.45) is 0 Å². The van der Waals surface area contributed by atoms with Crippen LogP contribution in [0.1, 0.15) is 44.7 Å². The first-order valence-electron chi connectivity index (χ1n) is 8.20. The lowest BCUT2D eigenvalue weighted by atomic mass is 9.74. The van der Waals surface area contributed by atoms with Crippen molar-refractivity contribution in [3.63, 3.8) is 0 Å². The Bertz CT molecular complexity index is 542. The Kier molecular flexibility index (Phi) is 4.45. The van der Waals surface area contributed by atoms with E-state index in [0.717, 1.165) is 30.8 Å². The molecule has 0 aromatic carbocycles. The monoisotopic (exact) mass is 303 g/mol. The molecular formula is C17H25N3O2. The maximum atomic E-state index is 12.4. The molecule has 5 heteroatoms. The molecule has 22 heavy (non-hydrogen) atoms. The Balaban J connectivity index is 1.54. The van der Waals surface area contributed by atoms with E-state index in [1.54, 1.807) is 6.20 Å². The van der Waals surface area contributed by atoms with Crippen LogP contribution >= 0.6 is 0 Å². The molecule has 2 aliphatic rings. The second-order valence-corrected chi connectivity index (χ2v) is 6.59. The van der Waals surface area contributed by atoms with Crippen LogP contribution in [0.5, 0.6) is 0 Å². The molecule has 1 spiro atoms. The van der Waals surface area contributed by atoms with Gasteiger partial charge in [-0.25, -0.2) is 0 Å².